The lowest BCUT2D eigenvalue weighted by Crippen LogP contribution is -2.30. The maximum atomic E-state index is 5.74. The number of rotatable bonds is 6. The molecule has 26 heavy (non-hydrogen) atoms. The predicted molar refractivity (Wildman–Crippen MR) is 109 cm³/mol. The molecule has 2 fully saturated rings. The first kappa shape index (κ1) is 17.5. The molecular weight excluding hydrogens is 340 g/mol. The topological polar surface area (TPSA) is 33.1 Å². The van der Waals surface area contributed by atoms with Crippen LogP contribution in [0, 0.1) is 13.8 Å². The first-order valence-electron chi connectivity index (χ1n) is 9.78. The van der Waals surface area contributed by atoms with Gasteiger partial charge < -0.3 is 14.8 Å². The van der Waals surface area contributed by atoms with E-state index in [1.807, 2.05) is 12.3 Å². The van der Waals surface area contributed by atoms with E-state index in [1.54, 1.807) is 0 Å². The molecule has 1 N–H and O–H groups in total. The number of thiocarbonyl (C=S) groups is 1. The molecule has 2 atom stereocenters. The van der Waals surface area contributed by atoms with E-state index in [1.165, 1.54) is 36.2 Å². The van der Waals surface area contributed by atoms with Crippen LogP contribution in [-0.2, 0) is 0 Å². The van der Waals surface area contributed by atoms with Crippen molar-refractivity contribution in [3.05, 3.63) is 53.1 Å². The van der Waals surface area contributed by atoms with Crippen molar-refractivity contribution < 1.29 is 0 Å². The van der Waals surface area contributed by atoms with E-state index in [4.69, 9.17) is 12.2 Å². The van der Waals surface area contributed by atoms with Gasteiger partial charge in [-0.1, -0.05) is 19.4 Å². The van der Waals surface area contributed by atoms with E-state index in [-0.39, 0.29) is 12.1 Å². The molecule has 0 radical (unpaired) electrons. The van der Waals surface area contributed by atoms with Gasteiger partial charge in [0.15, 0.2) is 5.11 Å². The maximum Gasteiger partial charge on any atom is 0.170 e. The standard InChI is InChI=1S/C21H28N4S/c1-4-5-12-24-20(17-13-14(2)25(15(17)3)16-9-10-16)19(23-21(24)26)18-8-6-7-11-22-18/h6-8,11,13,16,19-20H,4-5,9-10,12H2,1-3H3,(H,23,26)/t19-,20-/m1/s1. The van der Waals surface area contributed by atoms with Gasteiger partial charge in [0, 0.05) is 30.2 Å². The normalized spacial score (nSPS) is 22.7. The Kier molecular flexibility index (Phi) is 4.74. The van der Waals surface area contributed by atoms with Crippen molar-refractivity contribution >= 4 is 17.3 Å². The average Bonchev–Trinajstić information content (AvgIpc) is 3.36. The van der Waals surface area contributed by atoms with Gasteiger partial charge in [-0.05, 0) is 69.1 Å². The summed E-state index contributed by atoms with van der Waals surface area (Å²) in [6, 6.07) is 9.53. The van der Waals surface area contributed by atoms with Gasteiger partial charge in [-0.3, -0.25) is 4.98 Å². The number of pyridine rings is 1. The summed E-state index contributed by atoms with van der Waals surface area (Å²) >= 11 is 5.74. The third-order valence-electron chi connectivity index (χ3n) is 5.70. The molecule has 4 rings (SSSR count). The van der Waals surface area contributed by atoms with Crippen LogP contribution in [0.5, 0.6) is 0 Å². The summed E-state index contributed by atoms with van der Waals surface area (Å²) in [5.74, 6) is 0. The van der Waals surface area contributed by atoms with Crippen molar-refractivity contribution in [1.82, 2.24) is 19.8 Å². The van der Waals surface area contributed by atoms with Crippen LogP contribution in [0.1, 0.15) is 73.4 Å². The molecule has 1 aliphatic heterocycles. The molecule has 4 nitrogen and oxygen atoms in total. The lowest BCUT2D eigenvalue weighted by atomic mass is 9.96. The van der Waals surface area contributed by atoms with Crippen LogP contribution in [0.2, 0.25) is 0 Å². The highest BCUT2D eigenvalue weighted by Gasteiger charge is 2.41. The summed E-state index contributed by atoms with van der Waals surface area (Å²) in [5.41, 5.74) is 5.22. The summed E-state index contributed by atoms with van der Waals surface area (Å²) in [6.07, 6.45) is 6.80. The Morgan fingerprint density at radius 2 is 2.08 bits per heavy atom. The lowest BCUT2D eigenvalue weighted by Gasteiger charge is -2.28. The second-order valence-electron chi connectivity index (χ2n) is 7.60. The summed E-state index contributed by atoms with van der Waals surface area (Å²) in [7, 11) is 0. The summed E-state index contributed by atoms with van der Waals surface area (Å²) in [6.45, 7) is 7.73. The number of unbranched alkanes of at least 4 members (excludes halogenated alkanes) is 1. The fourth-order valence-electron chi connectivity index (χ4n) is 4.31. The molecule has 2 aliphatic rings. The van der Waals surface area contributed by atoms with Crippen molar-refractivity contribution in [2.24, 2.45) is 0 Å². The van der Waals surface area contributed by atoms with Gasteiger partial charge in [-0.2, -0.15) is 0 Å². The van der Waals surface area contributed by atoms with Crippen molar-refractivity contribution in [3.63, 3.8) is 0 Å². The molecule has 3 heterocycles. The van der Waals surface area contributed by atoms with Gasteiger partial charge >= 0.3 is 0 Å². The number of hydrogen-bond acceptors (Lipinski definition) is 2. The van der Waals surface area contributed by atoms with Gasteiger partial charge in [-0.25, -0.2) is 0 Å². The van der Waals surface area contributed by atoms with Gasteiger partial charge in [0.1, 0.15) is 0 Å². The fourth-order valence-corrected chi connectivity index (χ4v) is 4.64. The zero-order valence-corrected chi connectivity index (χ0v) is 16.7. The third-order valence-corrected chi connectivity index (χ3v) is 6.06. The Morgan fingerprint density at radius 1 is 1.27 bits per heavy atom. The molecule has 0 amide bonds. The SMILES string of the molecule is CCCCN1C(=S)N[C@H](c2ccccn2)[C@H]1c1cc(C)n(C2CC2)c1C. The number of aryl methyl sites for hydroxylation is 1. The molecule has 1 aliphatic carbocycles. The number of aromatic nitrogens is 2. The summed E-state index contributed by atoms with van der Waals surface area (Å²) in [4.78, 5) is 7.02. The monoisotopic (exact) mass is 368 g/mol. The van der Waals surface area contributed by atoms with Gasteiger partial charge in [0.25, 0.3) is 0 Å². The molecule has 1 saturated carbocycles. The van der Waals surface area contributed by atoms with E-state index in [0.717, 1.165) is 23.8 Å². The van der Waals surface area contributed by atoms with E-state index < -0.39 is 0 Å². The molecular formula is C21H28N4S. The Bertz CT molecular complexity index is 794. The molecule has 0 aromatic carbocycles. The Morgan fingerprint density at radius 3 is 2.73 bits per heavy atom. The first-order chi connectivity index (χ1) is 12.6. The van der Waals surface area contributed by atoms with Crippen LogP contribution in [-0.4, -0.2) is 26.1 Å². The van der Waals surface area contributed by atoms with Crippen molar-refractivity contribution in [2.75, 3.05) is 6.54 Å². The highest BCUT2D eigenvalue weighted by Crippen LogP contribution is 2.44. The molecule has 2 aromatic heterocycles. The number of nitrogens with one attached hydrogen (secondary N) is 1. The molecule has 0 unspecified atom stereocenters. The highest BCUT2D eigenvalue weighted by atomic mass is 32.1. The van der Waals surface area contributed by atoms with Crippen LogP contribution in [0.3, 0.4) is 0 Å². The zero-order chi connectivity index (χ0) is 18.3. The molecule has 5 heteroatoms. The minimum Gasteiger partial charge on any atom is -0.352 e. The van der Waals surface area contributed by atoms with Crippen molar-refractivity contribution in [3.8, 4) is 0 Å². The van der Waals surface area contributed by atoms with Gasteiger partial charge in [-0.15, -0.1) is 0 Å². The average molecular weight is 369 g/mol. The van der Waals surface area contributed by atoms with Crippen LogP contribution in [0.25, 0.3) is 0 Å². The molecule has 1 saturated heterocycles. The molecule has 0 bridgehead atoms. The van der Waals surface area contributed by atoms with Crippen molar-refractivity contribution in [2.45, 2.75) is 64.6 Å². The lowest BCUT2D eigenvalue weighted by molar-refractivity contribution is 0.311. The molecule has 0 spiro atoms. The fraction of sp³-hybridized carbons (Fsp3) is 0.524. The third kappa shape index (κ3) is 3.02. The van der Waals surface area contributed by atoms with E-state index >= 15 is 0 Å². The second kappa shape index (κ2) is 7.03. The maximum absolute atomic E-state index is 5.74. The van der Waals surface area contributed by atoms with Crippen LogP contribution >= 0.6 is 12.2 Å². The van der Waals surface area contributed by atoms with Crippen molar-refractivity contribution in [1.29, 1.82) is 0 Å². The Balaban J connectivity index is 1.76. The van der Waals surface area contributed by atoms with E-state index in [9.17, 15) is 0 Å². The van der Waals surface area contributed by atoms with Crippen LogP contribution in [0.4, 0.5) is 0 Å². The second-order valence-corrected chi connectivity index (χ2v) is 7.99. The summed E-state index contributed by atoms with van der Waals surface area (Å²) < 4.78 is 2.53. The summed E-state index contributed by atoms with van der Waals surface area (Å²) in [5, 5.41) is 4.42. The zero-order valence-electron chi connectivity index (χ0n) is 15.9. The number of hydrogen-bond donors (Lipinski definition) is 1. The molecule has 138 valence electrons. The van der Waals surface area contributed by atoms with E-state index in [0.29, 0.717) is 6.04 Å². The van der Waals surface area contributed by atoms with Gasteiger partial charge in [0.2, 0.25) is 0 Å². The van der Waals surface area contributed by atoms with Crippen LogP contribution < -0.4 is 5.32 Å². The Hall–Kier alpha value is -1.88. The number of nitrogens with zero attached hydrogens (tertiary/aromatic N) is 3. The minimum absolute atomic E-state index is 0.105. The quantitative estimate of drug-likeness (QED) is 0.755. The van der Waals surface area contributed by atoms with Crippen LogP contribution in [0.15, 0.2) is 30.5 Å². The van der Waals surface area contributed by atoms with Gasteiger partial charge in [0.05, 0.1) is 17.8 Å². The smallest absolute Gasteiger partial charge is 0.170 e. The highest BCUT2D eigenvalue weighted by molar-refractivity contribution is 7.80. The molecule has 2 aromatic rings. The first-order valence-corrected chi connectivity index (χ1v) is 10.2. The predicted octanol–water partition coefficient (Wildman–Crippen LogP) is 4.61. The van der Waals surface area contributed by atoms with E-state index in [2.05, 4.69) is 58.7 Å². The largest absolute Gasteiger partial charge is 0.352 e. The Labute approximate surface area is 161 Å². The minimum atomic E-state index is 0.105.